The number of hydrogen-bond acceptors (Lipinski definition) is 3. The van der Waals surface area contributed by atoms with E-state index in [0.717, 1.165) is 24.0 Å². The number of nitrogens with one attached hydrogen (secondary N) is 2. The van der Waals surface area contributed by atoms with Crippen LogP contribution in [0.5, 0.6) is 11.5 Å². The Morgan fingerprint density at radius 1 is 0.926 bits per heavy atom. The van der Waals surface area contributed by atoms with E-state index in [1.165, 1.54) is 5.56 Å². The molecule has 2 aromatic carbocycles. The first-order chi connectivity index (χ1) is 12.6. The number of aliphatic imine (C=N–C) groups is 1. The summed E-state index contributed by atoms with van der Waals surface area (Å²) in [6.07, 6.45) is -0.0311. The second-order valence-corrected chi connectivity index (χ2v) is 6.23. The maximum Gasteiger partial charge on any atom is 0.191 e. The van der Waals surface area contributed by atoms with Crippen molar-refractivity contribution < 1.29 is 9.47 Å². The number of methoxy groups -OCH3 is 1. The maximum atomic E-state index is 5.96. The zero-order chi connectivity index (χ0) is 18.8. The van der Waals surface area contributed by atoms with E-state index in [-0.39, 0.29) is 30.1 Å². The van der Waals surface area contributed by atoms with Gasteiger partial charge in [-0.05, 0) is 30.5 Å². The Bertz CT molecular complexity index is 695. The molecule has 0 aliphatic rings. The summed E-state index contributed by atoms with van der Waals surface area (Å²) < 4.78 is 11.3. The number of halogens is 1. The van der Waals surface area contributed by atoms with Crippen molar-refractivity contribution in [3.8, 4) is 11.5 Å². The molecule has 0 aliphatic carbocycles. The van der Waals surface area contributed by atoms with E-state index in [9.17, 15) is 0 Å². The number of benzene rings is 2. The summed E-state index contributed by atoms with van der Waals surface area (Å²) in [5, 5.41) is 6.67. The lowest BCUT2D eigenvalue weighted by molar-refractivity contribution is 0.213. The van der Waals surface area contributed by atoms with Crippen LogP contribution in [0.1, 0.15) is 25.3 Å². The van der Waals surface area contributed by atoms with Crippen LogP contribution in [0, 0.1) is 0 Å². The van der Waals surface area contributed by atoms with Crippen molar-refractivity contribution in [2.45, 2.75) is 25.9 Å². The summed E-state index contributed by atoms with van der Waals surface area (Å²) in [6.45, 7) is 5.66. The van der Waals surface area contributed by atoms with Crippen molar-refractivity contribution in [3.63, 3.8) is 0 Å². The lowest BCUT2D eigenvalue weighted by Crippen LogP contribution is -2.42. The van der Waals surface area contributed by atoms with Gasteiger partial charge in [0.1, 0.15) is 6.10 Å². The molecule has 0 aromatic heterocycles. The van der Waals surface area contributed by atoms with Crippen molar-refractivity contribution in [2.24, 2.45) is 4.99 Å². The molecule has 148 valence electrons. The van der Waals surface area contributed by atoms with E-state index in [1.807, 2.05) is 37.3 Å². The molecule has 27 heavy (non-hydrogen) atoms. The van der Waals surface area contributed by atoms with Crippen LogP contribution in [-0.4, -0.2) is 39.3 Å². The van der Waals surface area contributed by atoms with Gasteiger partial charge in [-0.3, -0.25) is 4.99 Å². The number of ether oxygens (including phenoxy) is 2. The molecule has 2 aromatic rings. The Labute approximate surface area is 179 Å². The number of guanidine groups is 1. The number of rotatable bonds is 8. The smallest absolute Gasteiger partial charge is 0.191 e. The summed E-state index contributed by atoms with van der Waals surface area (Å²) in [5.41, 5.74) is 1.31. The molecule has 6 heteroatoms. The van der Waals surface area contributed by atoms with Crippen LogP contribution >= 0.6 is 24.0 Å². The Kier molecular flexibility index (Phi) is 10.6. The molecule has 0 spiro atoms. The topological polar surface area (TPSA) is 54.9 Å². The minimum atomic E-state index is -0.0311. The minimum Gasteiger partial charge on any atom is -0.493 e. The first kappa shape index (κ1) is 23.1. The molecule has 0 saturated carbocycles. The number of nitrogens with zero attached hydrogens (tertiary/aromatic N) is 1. The zero-order valence-electron chi connectivity index (χ0n) is 16.4. The predicted molar refractivity (Wildman–Crippen MR) is 123 cm³/mol. The highest BCUT2D eigenvalue weighted by atomic mass is 127. The standard InChI is InChI=1S/C21H29N3O2.HI/c1-16(18-10-6-5-7-11-18)14-23-21(22-3)24-15-17(2)26-20-13-9-8-12-19(20)25-4;/h5-13,16-17H,14-15H2,1-4H3,(H2,22,23,24);1H. The Morgan fingerprint density at radius 2 is 1.52 bits per heavy atom. The van der Waals surface area contributed by atoms with Gasteiger partial charge in [0, 0.05) is 13.6 Å². The zero-order valence-corrected chi connectivity index (χ0v) is 18.8. The summed E-state index contributed by atoms with van der Waals surface area (Å²) in [4.78, 5) is 4.28. The molecule has 0 amide bonds. The quantitative estimate of drug-likeness (QED) is 0.338. The van der Waals surface area contributed by atoms with Crippen molar-refractivity contribution in [3.05, 3.63) is 60.2 Å². The van der Waals surface area contributed by atoms with E-state index in [0.29, 0.717) is 12.5 Å². The largest absolute Gasteiger partial charge is 0.493 e. The SMILES string of the molecule is CN=C(NCC(C)Oc1ccccc1OC)NCC(C)c1ccccc1.I. The van der Waals surface area contributed by atoms with E-state index in [2.05, 4.69) is 46.8 Å². The number of hydrogen-bond donors (Lipinski definition) is 2. The summed E-state index contributed by atoms with van der Waals surface area (Å²) in [5.74, 6) is 2.64. The third kappa shape index (κ3) is 7.66. The van der Waals surface area contributed by atoms with Gasteiger partial charge in [0.25, 0.3) is 0 Å². The fourth-order valence-electron chi connectivity index (χ4n) is 2.58. The predicted octanol–water partition coefficient (Wildman–Crippen LogP) is 4.05. The molecular formula is C21H30IN3O2. The van der Waals surface area contributed by atoms with Gasteiger partial charge in [0.15, 0.2) is 17.5 Å². The molecule has 0 radical (unpaired) electrons. The van der Waals surface area contributed by atoms with Gasteiger partial charge in [-0.25, -0.2) is 0 Å². The van der Waals surface area contributed by atoms with Crippen LogP contribution in [0.2, 0.25) is 0 Å². The fourth-order valence-corrected chi connectivity index (χ4v) is 2.58. The van der Waals surface area contributed by atoms with Crippen LogP contribution in [0.3, 0.4) is 0 Å². The molecule has 2 unspecified atom stereocenters. The lowest BCUT2D eigenvalue weighted by Gasteiger charge is -2.20. The summed E-state index contributed by atoms with van der Waals surface area (Å²) >= 11 is 0. The molecule has 0 saturated heterocycles. The molecule has 2 rings (SSSR count). The molecule has 0 fully saturated rings. The molecule has 2 N–H and O–H groups in total. The highest BCUT2D eigenvalue weighted by Crippen LogP contribution is 2.26. The van der Waals surface area contributed by atoms with Crippen molar-refractivity contribution in [2.75, 3.05) is 27.2 Å². The van der Waals surface area contributed by atoms with Gasteiger partial charge in [0.2, 0.25) is 0 Å². The van der Waals surface area contributed by atoms with Crippen molar-refractivity contribution in [1.82, 2.24) is 10.6 Å². The van der Waals surface area contributed by atoms with Crippen LogP contribution < -0.4 is 20.1 Å². The fraction of sp³-hybridized carbons (Fsp3) is 0.381. The van der Waals surface area contributed by atoms with Gasteiger partial charge < -0.3 is 20.1 Å². The molecule has 2 atom stereocenters. The first-order valence-corrected chi connectivity index (χ1v) is 8.93. The average Bonchev–Trinajstić information content (AvgIpc) is 2.69. The van der Waals surface area contributed by atoms with Crippen LogP contribution in [0.4, 0.5) is 0 Å². The molecule has 5 nitrogen and oxygen atoms in total. The normalized spacial score (nSPS) is 13.1. The van der Waals surface area contributed by atoms with Crippen molar-refractivity contribution in [1.29, 1.82) is 0 Å². The first-order valence-electron chi connectivity index (χ1n) is 8.93. The van der Waals surface area contributed by atoms with Gasteiger partial charge in [0.05, 0.1) is 13.7 Å². The van der Waals surface area contributed by atoms with Gasteiger partial charge in [-0.2, -0.15) is 0 Å². The van der Waals surface area contributed by atoms with E-state index < -0.39 is 0 Å². The van der Waals surface area contributed by atoms with Gasteiger partial charge >= 0.3 is 0 Å². The third-order valence-electron chi connectivity index (χ3n) is 4.12. The Morgan fingerprint density at radius 3 is 2.15 bits per heavy atom. The molecule has 0 bridgehead atoms. The van der Waals surface area contributed by atoms with Gasteiger partial charge in [-0.15, -0.1) is 24.0 Å². The average molecular weight is 483 g/mol. The molecule has 0 aliphatic heterocycles. The number of para-hydroxylation sites is 2. The van der Waals surface area contributed by atoms with E-state index in [4.69, 9.17) is 9.47 Å². The van der Waals surface area contributed by atoms with Crippen LogP contribution in [0.25, 0.3) is 0 Å². The second-order valence-electron chi connectivity index (χ2n) is 6.23. The van der Waals surface area contributed by atoms with Crippen LogP contribution in [0.15, 0.2) is 59.6 Å². The van der Waals surface area contributed by atoms with Crippen molar-refractivity contribution >= 4 is 29.9 Å². The second kappa shape index (κ2) is 12.4. The van der Waals surface area contributed by atoms with Crippen LogP contribution in [-0.2, 0) is 0 Å². The highest BCUT2D eigenvalue weighted by Gasteiger charge is 2.10. The molecular weight excluding hydrogens is 453 g/mol. The lowest BCUT2D eigenvalue weighted by atomic mass is 10.0. The minimum absolute atomic E-state index is 0. The summed E-state index contributed by atoms with van der Waals surface area (Å²) in [7, 11) is 3.42. The molecule has 0 heterocycles. The monoisotopic (exact) mass is 483 g/mol. The van der Waals surface area contributed by atoms with E-state index >= 15 is 0 Å². The van der Waals surface area contributed by atoms with Gasteiger partial charge in [-0.1, -0.05) is 49.4 Å². The highest BCUT2D eigenvalue weighted by molar-refractivity contribution is 14.0. The van der Waals surface area contributed by atoms with E-state index in [1.54, 1.807) is 14.2 Å². The summed E-state index contributed by atoms with van der Waals surface area (Å²) in [6, 6.07) is 18.1. The third-order valence-corrected chi connectivity index (χ3v) is 4.12. The Hall–Kier alpha value is -1.96. The Balaban J connectivity index is 0.00000364. The maximum absolute atomic E-state index is 5.96.